The summed E-state index contributed by atoms with van der Waals surface area (Å²) < 4.78 is 6.40. The summed E-state index contributed by atoms with van der Waals surface area (Å²) in [6.45, 7) is 8.11. The summed E-state index contributed by atoms with van der Waals surface area (Å²) in [4.78, 5) is 32.2. The summed E-state index contributed by atoms with van der Waals surface area (Å²) in [6, 6.07) is 7.17. The molecule has 2 aliphatic rings. The number of allylic oxidation sites excluding steroid dienone is 1. The Kier molecular flexibility index (Phi) is 6.11. The predicted octanol–water partition coefficient (Wildman–Crippen LogP) is 4.69. The van der Waals surface area contributed by atoms with E-state index in [-0.39, 0.29) is 17.1 Å². The molecule has 3 rings (SSSR count). The maximum atomic E-state index is 13.0. The van der Waals surface area contributed by atoms with Crippen molar-refractivity contribution in [3.05, 3.63) is 45.6 Å². The van der Waals surface area contributed by atoms with E-state index >= 15 is 0 Å². The topological polar surface area (TPSA) is 59.0 Å². The fourth-order valence-electron chi connectivity index (χ4n) is 3.16. The van der Waals surface area contributed by atoms with Crippen LogP contribution in [0.25, 0.3) is 0 Å². The molecule has 0 unspecified atom stereocenters. The number of ether oxygens (including phenoxy) is 1. The van der Waals surface area contributed by atoms with E-state index in [1.54, 1.807) is 4.90 Å². The Hall–Kier alpha value is -1.60. The van der Waals surface area contributed by atoms with Gasteiger partial charge in [-0.1, -0.05) is 60.6 Å². The maximum absolute atomic E-state index is 13.0. The highest BCUT2D eigenvalue weighted by atomic mass is 79.9. The normalized spacial score (nSPS) is 22.2. The molecule has 0 saturated carbocycles. The molecule has 2 heterocycles. The molecule has 0 radical (unpaired) electrons. The zero-order chi connectivity index (χ0) is 19.7. The zero-order valence-electron chi connectivity index (χ0n) is 15.9. The average molecular weight is 451 g/mol. The summed E-state index contributed by atoms with van der Waals surface area (Å²) in [7, 11) is 0. The smallest absolute Gasteiger partial charge is 0.338 e. The molecule has 144 valence electrons. The molecule has 1 saturated heterocycles. The predicted molar refractivity (Wildman–Crippen MR) is 111 cm³/mol. The summed E-state index contributed by atoms with van der Waals surface area (Å²) in [5, 5.41) is 0.493. The number of amidine groups is 1. The molecular formula is C20H23BrN2O3S. The Morgan fingerprint density at radius 3 is 2.78 bits per heavy atom. The van der Waals surface area contributed by atoms with E-state index in [1.807, 2.05) is 52.0 Å². The largest absolute Gasteiger partial charge is 0.462 e. The quantitative estimate of drug-likeness (QED) is 0.610. The standard InChI is InChI=1S/C20H23BrN2O3S/c1-5-15-18(24)23-17(13-7-6-8-14(21)9-13)16(12(4)22-20(23)27-15)19(25)26-10-11(2)3/h6-9,11,15,17H,5,10H2,1-4H3/t15-,17-/m0/s1. The van der Waals surface area contributed by atoms with Crippen molar-refractivity contribution in [1.29, 1.82) is 0 Å². The van der Waals surface area contributed by atoms with Crippen molar-refractivity contribution in [1.82, 2.24) is 4.90 Å². The first-order valence-electron chi connectivity index (χ1n) is 9.05. The second-order valence-electron chi connectivity index (χ2n) is 7.07. The van der Waals surface area contributed by atoms with Crippen molar-refractivity contribution in [2.75, 3.05) is 6.61 Å². The zero-order valence-corrected chi connectivity index (χ0v) is 18.3. The molecule has 1 fully saturated rings. The van der Waals surface area contributed by atoms with Crippen LogP contribution < -0.4 is 0 Å². The number of esters is 1. The first-order chi connectivity index (χ1) is 12.8. The van der Waals surface area contributed by atoms with Crippen LogP contribution in [0.2, 0.25) is 0 Å². The molecule has 1 amide bonds. The van der Waals surface area contributed by atoms with Gasteiger partial charge in [0, 0.05) is 4.47 Å². The molecule has 1 aromatic carbocycles. The lowest BCUT2D eigenvalue weighted by Gasteiger charge is -2.33. The second-order valence-corrected chi connectivity index (χ2v) is 9.15. The monoisotopic (exact) mass is 450 g/mol. The highest BCUT2D eigenvalue weighted by Crippen LogP contribution is 2.44. The van der Waals surface area contributed by atoms with Gasteiger partial charge in [-0.2, -0.15) is 0 Å². The van der Waals surface area contributed by atoms with E-state index in [0.29, 0.717) is 23.0 Å². The third-order valence-electron chi connectivity index (χ3n) is 4.45. The number of rotatable bonds is 5. The lowest BCUT2D eigenvalue weighted by Crippen LogP contribution is -2.41. The van der Waals surface area contributed by atoms with Gasteiger partial charge in [-0.05, 0) is 37.0 Å². The second kappa shape index (κ2) is 8.19. The van der Waals surface area contributed by atoms with Gasteiger partial charge in [0.2, 0.25) is 5.91 Å². The number of fused-ring (bicyclic) bond motifs is 1. The van der Waals surface area contributed by atoms with Crippen LogP contribution in [-0.2, 0) is 14.3 Å². The fraction of sp³-hybridized carbons (Fsp3) is 0.450. The molecule has 27 heavy (non-hydrogen) atoms. The van der Waals surface area contributed by atoms with Crippen LogP contribution in [0.4, 0.5) is 0 Å². The first-order valence-corrected chi connectivity index (χ1v) is 10.7. The molecule has 7 heteroatoms. The summed E-state index contributed by atoms with van der Waals surface area (Å²) in [5.74, 6) is -0.185. The molecule has 0 bridgehead atoms. The van der Waals surface area contributed by atoms with Crippen molar-refractivity contribution < 1.29 is 14.3 Å². The van der Waals surface area contributed by atoms with E-state index in [0.717, 1.165) is 16.5 Å². The van der Waals surface area contributed by atoms with E-state index in [1.165, 1.54) is 11.8 Å². The number of aliphatic imine (C=N–C) groups is 1. The van der Waals surface area contributed by atoms with Crippen LogP contribution in [0.3, 0.4) is 0 Å². The van der Waals surface area contributed by atoms with Gasteiger partial charge in [-0.3, -0.25) is 9.69 Å². The Morgan fingerprint density at radius 2 is 2.15 bits per heavy atom. The SMILES string of the molecule is CC[C@@H]1SC2=NC(C)=C(C(=O)OCC(C)C)[C@H](c3cccc(Br)c3)N2C1=O. The molecule has 0 aliphatic carbocycles. The van der Waals surface area contributed by atoms with Gasteiger partial charge in [0.1, 0.15) is 0 Å². The fourth-order valence-corrected chi connectivity index (χ4v) is 4.71. The lowest BCUT2D eigenvalue weighted by atomic mass is 9.94. The number of hydrogen-bond acceptors (Lipinski definition) is 5. The van der Waals surface area contributed by atoms with Gasteiger partial charge in [0.25, 0.3) is 0 Å². The first kappa shape index (κ1) is 20.1. The minimum Gasteiger partial charge on any atom is -0.462 e. The number of halogens is 1. The maximum Gasteiger partial charge on any atom is 0.338 e. The van der Waals surface area contributed by atoms with Crippen LogP contribution in [0.15, 0.2) is 45.0 Å². The number of hydrogen-bond donors (Lipinski definition) is 0. The van der Waals surface area contributed by atoms with Crippen LogP contribution in [0, 0.1) is 5.92 Å². The third kappa shape index (κ3) is 3.99. The highest BCUT2D eigenvalue weighted by Gasteiger charge is 2.47. The molecule has 0 spiro atoms. The van der Waals surface area contributed by atoms with Gasteiger partial charge >= 0.3 is 5.97 Å². The average Bonchev–Trinajstić information content (AvgIpc) is 2.93. The Labute approximate surface area is 172 Å². The summed E-state index contributed by atoms with van der Waals surface area (Å²) in [6.07, 6.45) is 0.719. The van der Waals surface area contributed by atoms with Gasteiger partial charge in [-0.15, -0.1) is 0 Å². The summed E-state index contributed by atoms with van der Waals surface area (Å²) >= 11 is 4.96. The minimum atomic E-state index is -0.522. The van der Waals surface area contributed by atoms with Crippen LogP contribution in [0.1, 0.15) is 45.7 Å². The van der Waals surface area contributed by atoms with Gasteiger partial charge in [-0.25, -0.2) is 9.79 Å². The molecule has 0 N–H and O–H groups in total. The van der Waals surface area contributed by atoms with Gasteiger partial charge < -0.3 is 4.74 Å². The van der Waals surface area contributed by atoms with Gasteiger partial charge in [0.05, 0.1) is 29.2 Å². The van der Waals surface area contributed by atoms with E-state index < -0.39 is 12.0 Å². The number of thioether (sulfide) groups is 1. The lowest BCUT2D eigenvalue weighted by molar-refractivity contribution is -0.141. The van der Waals surface area contributed by atoms with Crippen molar-refractivity contribution >= 4 is 44.7 Å². The number of carbonyl (C=O) groups excluding carboxylic acids is 2. The number of nitrogens with zero attached hydrogens (tertiary/aromatic N) is 2. The highest BCUT2D eigenvalue weighted by molar-refractivity contribution is 9.10. The van der Waals surface area contributed by atoms with Crippen molar-refractivity contribution in [3.63, 3.8) is 0 Å². The molecular weight excluding hydrogens is 428 g/mol. The molecule has 2 aliphatic heterocycles. The van der Waals surface area contributed by atoms with Crippen molar-refractivity contribution in [2.24, 2.45) is 10.9 Å². The van der Waals surface area contributed by atoms with Crippen LogP contribution in [0.5, 0.6) is 0 Å². The van der Waals surface area contributed by atoms with E-state index in [4.69, 9.17) is 4.74 Å². The van der Waals surface area contributed by atoms with Crippen molar-refractivity contribution in [2.45, 2.75) is 45.4 Å². The molecule has 1 aromatic rings. The van der Waals surface area contributed by atoms with Gasteiger partial charge in [0.15, 0.2) is 5.17 Å². The molecule has 0 aromatic heterocycles. The van der Waals surface area contributed by atoms with E-state index in [2.05, 4.69) is 20.9 Å². The van der Waals surface area contributed by atoms with Crippen LogP contribution in [-0.4, -0.2) is 33.8 Å². The van der Waals surface area contributed by atoms with E-state index in [9.17, 15) is 9.59 Å². The molecule has 5 nitrogen and oxygen atoms in total. The number of amides is 1. The van der Waals surface area contributed by atoms with Crippen molar-refractivity contribution in [3.8, 4) is 0 Å². The van der Waals surface area contributed by atoms with Crippen LogP contribution >= 0.6 is 27.7 Å². The minimum absolute atomic E-state index is 0.00659. The number of benzene rings is 1. The Balaban J connectivity index is 2.08. The Morgan fingerprint density at radius 1 is 1.41 bits per heavy atom. The Bertz CT molecular complexity index is 834. The molecule has 2 atom stereocenters. The summed E-state index contributed by atoms with van der Waals surface area (Å²) in [5.41, 5.74) is 1.90. The number of carbonyl (C=O) groups is 2. The third-order valence-corrected chi connectivity index (χ3v) is 6.27.